The van der Waals surface area contributed by atoms with E-state index in [-0.39, 0.29) is 13.1 Å². The van der Waals surface area contributed by atoms with E-state index in [2.05, 4.69) is 4.98 Å². The van der Waals surface area contributed by atoms with Crippen LogP contribution in [0.15, 0.2) is 18.3 Å². The fourth-order valence-corrected chi connectivity index (χ4v) is 2.74. The molecule has 0 aliphatic carbocycles. The molecule has 24 heavy (non-hydrogen) atoms. The van der Waals surface area contributed by atoms with Gasteiger partial charge in [0.05, 0.1) is 12.5 Å². The van der Waals surface area contributed by atoms with Crippen LogP contribution in [0.1, 0.15) is 39.7 Å². The summed E-state index contributed by atoms with van der Waals surface area (Å²) in [6.07, 6.45) is 0.380. The molecule has 0 bridgehead atoms. The van der Waals surface area contributed by atoms with Crippen LogP contribution in [0.4, 0.5) is 13.6 Å². The van der Waals surface area contributed by atoms with Crippen molar-refractivity contribution >= 4 is 6.09 Å². The second kappa shape index (κ2) is 6.18. The van der Waals surface area contributed by atoms with E-state index in [0.717, 1.165) is 0 Å². The van der Waals surface area contributed by atoms with Gasteiger partial charge in [0.1, 0.15) is 5.60 Å². The normalized spacial score (nSPS) is 23.7. The molecule has 1 saturated heterocycles. The highest BCUT2D eigenvalue weighted by Crippen LogP contribution is 2.45. The molecule has 1 atom stereocenters. The van der Waals surface area contributed by atoms with Crippen molar-refractivity contribution in [1.29, 1.82) is 0 Å². The lowest BCUT2D eigenvalue weighted by atomic mass is 9.73. The summed E-state index contributed by atoms with van der Waals surface area (Å²) < 4.78 is 39.6. The van der Waals surface area contributed by atoms with E-state index in [1.54, 1.807) is 32.9 Å². The number of hydrogen-bond acceptors (Lipinski definition) is 4. The molecule has 0 saturated carbocycles. The molecule has 1 aliphatic rings. The molecule has 0 aromatic carbocycles. The number of halogens is 2. The zero-order valence-corrected chi connectivity index (χ0v) is 14.7. The standard InChI is InChI=1S/C17H24F2N2O3/c1-15(2,3)24-14(22)21-9-8-17(18,19)16(4,11-21)12-6-7-13(23-5)20-10-12/h6-7,10H,8-9,11H2,1-5H3. The molecule has 2 rings (SSSR count). The Morgan fingerprint density at radius 3 is 2.50 bits per heavy atom. The Morgan fingerprint density at radius 2 is 2.00 bits per heavy atom. The van der Waals surface area contributed by atoms with Crippen LogP contribution in [-0.4, -0.2) is 47.7 Å². The molecule has 0 spiro atoms. The Kier molecular flexibility index (Phi) is 4.74. The summed E-state index contributed by atoms with van der Waals surface area (Å²) in [5, 5.41) is 0. The molecule has 1 aliphatic heterocycles. The molecule has 1 aromatic heterocycles. The monoisotopic (exact) mass is 342 g/mol. The van der Waals surface area contributed by atoms with Crippen molar-refractivity contribution in [2.45, 2.75) is 51.1 Å². The molecule has 5 nitrogen and oxygen atoms in total. The van der Waals surface area contributed by atoms with E-state index < -0.39 is 29.5 Å². The van der Waals surface area contributed by atoms with E-state index in [1.807, 2.05) is 0 Å². The highest BCUT2D eigenvalue weighted by atomic mass is 19.3. The Morgan fingerprint density at radius 1 is 1.33 bits per heavy atom. The van der Waals surface area contributed by atoms with Gasteiger partial charge in [0.25, 0.3) is 5.92 Å². The van der Waals surface area contributed by atoms with Crippen molar-refractivity contribution in [3.05, 3.63) is 23.9 Å². The topological polar surface area (TPSA) is 51.7 Å². The van der Waals surface area contributed by atoms with E-state index in [4.69, 9.17) is 9.47 Å². The maximum atomic E-state index is 14.7. The maximum Gasteiger partial charge on any atom is 0.410 e. The van der Waals surface area contributed by atoms with Gasteiger partial charge in [-0.05, 0) is 33.3 Å². The summed E-state index contributed by atoms with van der Waals surface area (Å²) >= 11 is 0. The summed E-state index contributed by atoms with van der Waals surface area (Å²) in [7, 11) is 1.46. The minimum absolute atomic E-state index is 0.0406. The van der Waals surface area contributed by atoms with Gasteiger partial charge in [-0.25, -0.2) is 18.6 Å². The van der Waals surface area contributed by atoms with Crippen molar-refractivity contribution in [3.63, 3.8) is 0 Å². The summed E-state index contributed by atoms with van der Waals surface area (Å²) in [4.78, 5) is 17.6. The van der Waals surface area contributed by atoms with Gasteiger partial charge in [-0.2, -0.15) is 0 Å². The van der Waals surface area contributed by atoms with Crippen molar-refractivity contribution in [3.8, 4) is 5.88 Å². The third-order valence-corrected chi connectivity index (χ3v) is 4.24. The van der Waals surface area contributed by atoms with Gasteiger partial charge < -0.3 is 14.4 Å². The molecule has 0 N–H and O–H groups in total. The van der Waals surface area contributed by atoms with E-state index in [9.17, 15) is 13.6 Å². The average molecular weight is 342 g/mol. The third-order valence-electron chi connectivity index (χ3n) is 4.24. The van der Waals surface area contributed by atoms with Gasteiger partial charge in [-0.1, -0.05) is 6.07 Å². The van der Waals surface area contributed by atoms with Crippen LogP contribution in [0.3, 0.4) is 0 Å². The molecule has 2 heterocycles. The second-order valence-electron chi connectivity index (χ2n) is 7.28. The lowest BCUT2D eigenvalue weighted by molar-refractivity contribution is -0.118. The van der Waals surface area contributed by atoms with E-state index in [0.29, 0.717) is 11.4 Å². The zero-order valence-electron chi connectivity index (χ0n) is 14.7. The number of carbonyl (C=O) groups excluding carboxylic acids is 1. The van der Waals surface area contributed by atoms with Crippen LogP contribution in [0.25, 0.3) is 0 Å². The van der Waals surface area contributed by atoms with E-state index in [1.165, 1.54) is 25.1 Å². The number of alkyl halides is 2. The largest absolute Gasteiger partial charge is 0.481 e. The first kappa shape index (κ1) is 18.4. The quantitative estimate of drug-likeness (QED) is 0.824. The predicted octanol–water partition coefficient (Wildman–Crippen LogP) is 3.62. The molecular weight excluding hydrogens is 318 g/mol. The first-order valence-corrected chi connectivity index (χ1v) is 7.85. The number of hydrogen-bond donors (Lipinski definition) is 0. The van der Waals surface area contributed by atoms with Crippen molar-refractivity contribution in [2.24, 2.45) is 0 Å². The third kappa shape index (κ3) is 3.60. The molecule has 0 radical (unpaired) electrons. The van der Waals surface area contributed by atoms with Crippen molar-refractivity contribution in [2.75, 3.05) is 20.2 Å². The Labute approximate surface area is 141 Å². The molecule has 1 aromatic rings. The Balaban J connectivity index is 2.28. The number of amides is 1. The van der Waals surface area contributed by atoms with Crippen LogP contribution < -0.4 is 4.74 Å². The van der Waals surface area contributed by atoms with Crippen LogP contribution in [-0.2, 0) is 10.2 Å². The number of carbonyl (C=O) groups is 1. The van der Waals surface area contributed by atoms with Gasteiger partial charge in [0.15, 0.2) is 0 Å². The van der Waals surface area contributed by atoms with Gasteiger partial charge in [0.2, 0.25) is 5.88 Å². The Bertz CT molecular complexity index is 599. The predicted molar refractivity (Wildman–Crippen MR) is 85.5 cm³/mol. The first-order valence-electron chi connectivity index (χ1n) is 7.85. The lowest BCUT2D eigenvalue weighted by Crippen LogP contribution is -2.58. The number of methoxy groups -OCH3 is 1. The number of piperidine rings is 1. The molecular formula is C17H24F2N2O3. The van der Waals surface area contributed by atoms with Crippen LogP contribution in [0, 0.1) is 0 Å². The fourth-order valence-electron chi connectivity index (χ4n) is 2.74. The highest BCUT2D eigenvalue weighted by molar-refractivity contribution is 5.68. The number of likely N-dealkylation sites (tertiary alicyclic amines) is 1. The lowest BCUT2D eigenvalue weighted by Gasteiger charge is -2.46. The summed E-state index contributed by atoms with van der Waals surface area (Å²) in [6.45, 7) is 6.51. The average Bonchev–Trinajstić information content (AvgIpc) is 2.48. The van der Waals surface area contributed by atoms with Gasteiger partial charge in [-0.3, -0.25) is 0 Å². The van der Waals surface area contributed by atoms with Crippen LogP contribution in [0.2, 0.25) is 0 Å². The summed E-state index contributed by atoms with van der Waals surface area (Å²) in [5.41, 5.74) is -1.85. The van der Waals surface area contributed by atoms with Crippen LogP contribution >= 0.6 is 0 Å². The zero-order chi connectivity index (χ0) is 18.2. The molecule has 1 unspecified atom stereocenters. The molecule has 1 amide bonds. The van der Waals surface area contributed by atoms with Crippen molar-refractivity contribution < 1.29 is 23.0 Å². The summed E-state index contributed by atoms with van der Waals surface area (Å²) in [6, 6.07) is 3.11. The van der Waals surface area contributed by atoms with Gasteiger partial charge >= 0.3 is 6.09 Å². The first-order chi connectivity index (χ1) is 11.0. The van der Waals surface area contributed by atoms with Crippen LogP contribution in [0.5, 0.6) is 5.88 Å². The van der Waals surface area contributed by atoms with Crippen molar-refractivity contribution in [1.82, 2.24) is 9.88 Å². The van der Waals surface area contributed by atoms with E-state index >= 15 is 0 Å². The molecule has 1 fully saturated rings. The Hall–Kier alpha value is -1.92. The molecule has 7 heteroatoms. The minimum atomic E-state index is -2.96. The second-order valence-corrected chi connectivity index (χ2v) is 7.28. The number of aromatic nitrogens is 1. The summed E-state index contributed by atoms with van der Waals surface area (Å²) in [5.74, 6) is -2.60. The number of ether oxygens (including phenoxy) is 2. The maximum absolute atomic E-state index is 14.7. The van der Waals surface area contributed by atoms with Gasteiger partial charge in [0, 0.05) is 31.8 Å². The fraction of sp³-hybridized carbons (Fsp3) is 0.647. The minimum Gasteiger partial charge on any atom is -0.481 e. The smallest absolute Gasteiger partial charge is 0.410 e. The number of nitrogens with zero attached hydrogens (tertiary/aromatic N) is 2. The van der Waals surface area contributed by atoms with Gasteiger partial charge in [-0.15, -0.1) is 0 Å². The number of rotatable bonds is 2. The number of pyridine rings is 1. The SMILES string of the molecule is COc1ccc(C2(C)CN(C(=O)OC(C)(C)C)CCC2(F)F)cn1. The molecule has 134 valence electrons. The highest BCUT2D eigenvalue weighted by Gasteiger charge is 2.55.